The summed E-state index contributed by atoms with van der Waals surface area (Å²) in [6.07, 6.45) is 0.927. The molecule has 3 aromatic carbocycles. The zero-order valence-electron chi connectivity index (χ0n) is 11.5. The Morgan fingerprint density at radius 3 is 2.14 bits per heavy atom. The fourth-order valence-electron chi connectivity index (χ4n) is 2.45. The number of hydrogen-bond donors (Lipinski definition) is 0. The summed E-state index contributed by atoms with van der Waals surface area (Å²) in [5, 5.41) is 0.0485. The van der Waals surface area contributed by atoms with E-state index >= 15 is 0 Å². The smallest absolute Gasteiger partial charge is 0.169 e. The highest BCUT2D eigenvalue weighted by Crippen LogP contribution is 2.29. The molecule has 3 rings (SSSR count). The number of halogens is 3. The lowest BCUT2D eigenvalue weighted by Gasteiger charge is -2.08. The Kier molecular flexibility index (Phi) is 3.42. The summed E-state index contributed by atoms with van der Waals surface area (Å²) in [6, 6.07) is 13.1. The lowest BCUT2D eigenvalue weighted by molar-refractivity contribution is 0.512. The first-order valence-corrected chi connectivity index (χ1v) is 6.76. The Hall–Kier alpha value is -2.29. The zero-order chi connectivity index (χ0) is 15.0. The van der Waals surface area contributed by atoms with Crippen LogP contribution in [-0.2, 0) is 6.42 Å². The van der Waals surface area contributed by atoms with Gasteiger partial charge in [-0.15, -0.1) is 0 Å². The Morgan fingerprint density at radius 1 is 0.762 bits per heavy atom. The lowest BCUT2D eigenvalue weighted by Crippen LogP contribution is -1.91. The molecule has 21 heavy (non-hydrogen) atoms. The molecule has 0 saturated carbocycles. The summed E-state index contributed by atoms with van der Waals surface area (Å²) in [5.74, 6) is -2.93. The van der Waals surface area contributed by atoms with Gasteiger partial charge in [0.1, 0.15) is 5.82 Å². The van der Waals surface area contributed by atoms with E-state index < -0.39 is 17.5 Å². The number of aryl methyl sites for hydroxylation is 1. The Bertz CT molecular complexity index is 805. The van der Waals surface area contributed by atoms with Gasteiger partial charge < -0.3 is 0 Å². The summed E-state index contributed by atoms with van der Waals surface area (Å²) in [7, 11) is 0. The largest absolute Gasteiger partial charge is 0.206 e. The van der Waals surface area contributed by atoms with E-state index in [1.807, 2.05) is 24.3 Å². The first kappa shape index (κ1) is 13.7. The van der Waals surface area contributed by atoms with Gasteiger partial charge in [0.25, 0.3) is 0 Å². The van der Waals surface area contributed by atoms with E-state index in [4.69, 9.17) is 0 Å². The predicted octanol–water partition coefficient (Wildman–Crippen LogP) is 5.49. The molecule has 0 amide bonds. The van der Waals surface area contributed by atoms with Gasteiger partial charge in [0, 0.05) is 0 Å². The van der Waals surface area contributed by atoms with Gasteiger partial charge in [0.15, 0.2) is 11.6 Å². The lowest BCUT2D eigenvalue weighted by atomic mass is 9.99. The fraction of sp³-hybridized carbons (Fsp3) is 0.111. The molecule has 0 bridgehead atoms. The van der Waals surface area contributed by atoms with Gasteiger partial charge in [-0.2, -0.15) is 0 Å². The molecule has 3 heteroatoms. The third-order valence-electron chi connectivity index (χ3n) is 3.65. The van der Waals surface area contributed by atoms with E-state index in [2.05, 4.69) is 6.92 Å². The van der Waals surface area contributed by atoms with E-state index in [0.29, 0.717) is 10.9 Å². The molecule has 0 aromatic heterocycles. The maximum absolute atomic E-state index is 14.1. The first-order chi connectivity index (χ1) is 10.1. The second-order valence-electron chi connectivity index (χ2n) is 4.97. The molecular formula is C18H13F3. The van der Waals surface area contributed by atoms with Gasteiger partial charge in [-0.3, -0.25) is 0 Å². The normalized spacial score (nSPS) is 11.0. The standard InChI is InChI=1S/C18H13F3/c1-2-11-3-5-12(6-4-11)14-9-13-7-8-15(19)18(21)17(13)16(20)10-14/h3-10H,2H2,1H3. The summed E-state index contributed by atoms with van der Waals surface area (Å²) < 4.78 is 41.0. The summed E-state index contributed by atoms with van der Waals surface area (Å²) in [4.78, 5) is 0. The van der Waals surface area contributed by atoms with Crippen molar-refractivity contribution >= 4 is 10.8 Å². The number of rotatable bonds is 2. The zero-order valence-corrected chi connectivity index (χ0v) is 11.5. The van der Waals surface area contributed by atoms with Crippen LogP contribution in [0.1, 0.15) is 12.5 Å². The second kappa shape index (κ2) is 5.24. The van der Waals surface area contributed by atoms with Crippen molar-refractivity contribution < 1.29 is 13.2 Å². The molecule has 0 spiro atoms. The minimum Gasteiger partial charge on any atom is -0.206 e. The highest BCUT2D eigenvalue weighted by atomic mass is 19.2. The van der Waals surface area contributed by atoms with Crippen LogP contribution in [0.15, 0.2) is 48.5 Å². The van der Waals surface area contributed by atoms with Gasteiger partial charge in [-0.25, -0.2) is 13.2 Å². The third kappa shape index (κ3) is 2.40. The maximum Gasteiger partial charge on any atom is 0.169 e. The van der Waals surface area contributed by atoms with Crippen LogP contribution in [0.4, 0.5) is 13.2 Å². The Morgan fingerprint density at radius 2 is 1.48 bits per heavy atom. The number of fused-ring (bicyclic) bond motifs is 1. The van der Waals surface area contributed by atoms with E-state index in [-0.39, 0.29) is 5.39 Å². The molecule has 0 nitrogen and oxygen atoms in total. The molecule has 0 aliphatic rings. The van der Waals surface area contributed by atoms with Crippen molar-refractivity contribution in [3.63, 3.8) is 0 Å². The SMILES string of the molecule is CCc1ccc(-c2cc(F)c3c(F)c(F)ccc3c2)cc1. The van der Waals surface area contributed by atoms with E-state index in [0.717, 1.165) is 18.1 Å². The molecule has 0 saturated heterocycles. The highest BCUT2D eigenvalue weighted by molar-refractivity contribution is 5.88. The molecule has 0 heterocycles. The minimum atomic E-state index is -1.14. The molecule has 0 atom stereocenters. The van der Waals surface area contributed by atoms with Crippen LogP contribution in [0.5, 0.6) is 0 Å². The molecule has 0 aliphatic heterocycles. The summed E-state index contributed by atoms with van der Waals surface area (Å²) >= 11 is 0. The maximum atomic E-state index is 14.1. The van der Waals surface area contributed by atoms with Crippen molar-refractivity contribution in [2.75, 3.05) is 0 Å². The molecule has 0 radical (unpaired) electrons. The predicted molar refractivity (Wildman–Crippen MR) is 78.6 cm³/mol. The van der Waals surface area contributed by atoms with Crippen molar-refractivity contribution in [1.82, 2.24) is 0 Å². The van der Waals surface area contributed by atoms with Crippen LogP contribution in [0.3, 0.4) is 0 Å². The van der Waals surface area contributed by atoms with Crippen LogP contribution in [-0.4, -0.2) is 0 Å². The van der Waals surface area contributed by atoms with Crippen LogP contribution >= 0.6 is 0 Å². The average molecular weight is 286 g/mol. The molecule has 0 fully saturated rings. The monoisotopic (exact) mass is 286 g/mol. The quantitative estimate of drug-likeness (QED) is 0.584. The Balaban J connectivity index is 2.18. The van der Waals surface area contributed by atoms with Gasteiger partial charge in [-0.1, -0.05) is 37.3 Å². The fourth-order valence-corrected chi connectivity index (χ4v) is 2.45. The third-order valence-corrected chi connectivity index (χ3v) is 3.65. The second-order valence-corrected chi connectivity index (χ2v) is 4.97. The van der Waals surface area contributed by atoms with Gasteiger partial charge in [0.05, 0.1) is 5.39 Å². The van der Waals surface area contributed by atoms with Crippen LogP contribution in [0.2, 0.25) is 0 Å². The van der Waals surface area contributed by atoms with Crippen molar-refractivity contribution in [2.24, 2.45) is 0 Å². The Labute approximate surface area is 120 Å². The van der Waals surface area contributed by atoms with Crippen LogP contribution < -0.4 is 0 Å². The molecule has 0 aliphatic carbocycles. The topological polar surface area (TPSA) is 0 Å². The molecule has 0 N–H and O–H groups in total. The van der Waals surface area contributed by atoms with Gasteiger partial charge >= 0.3 is 0 Å². The van der Waals surface area contributed by atoms with Gasteiger partial charge in [-0.05, 0) is 46.7 Å². The number of hydrogen-bond acceptors (Lipinski definition) is 0. The van der Waals surface area contributed by atoms with E-state index in [1.54, 1.807) is 6.07 Å². The number of benzene rings is 3. The van der Waals surface area contributed by atoms with Crippen molar-refractivity contribution in [3.8, 4) is 11.1 Å². The van der Waals surface area contributed by atoms with Crippen molar-refractivity contribution in [3.05, 3.63) is 71.5 Å². The van der Waals surface area contributed by atoms with E-state index in [1.165, 1.54) is 17.7 Å². The van der Waals surface area contributed by atoms with Crippen LogP contribution in [0, 0.1) is 17.5 Å². The highest BCUT2D eigenvalue weighted by Gasteiger charge is 2.13. The van der Waals surface area contributed by atoms with E-state index in [9.17, 15) is 13.2 Å². The van der Waals surface area contributed by atoms with Gasteiger partial charge in [0.2, 0.25) is 0 Å². The average Bonchev–Trinajstić information content (AvgIpc) is 2.50. The summed E-state index contributed by atoms with van der Waals surface area (Å²) in [6.45, 7) is 2.06. The van der Waals surface area contributed by atoms with Crippen molar-refractivity contribution in [1.29, 1.82) is 0 Å². The minimum absolute atomic E-state index is 0.302. The molecule has 3 aromatic rings. The molecule has 106 valence electrons. The van der Waals surface area contributed by atoms with Crippen molar-refractivity contribution in [2.45, 2.75) is 13.3 Å². The first-order valence-electron chi connectivity index (χ1n) is 6.76. The summed E-state index contributed by atoms with van der Waals surface area (Å²) in [5.41, 5.74) is 2.68. The van der Waals surface area contributed by atoms with Crippen LogP contribution in [0.25, 0.3) is 21.9 Å². The molecular weight excluding hydrogens is 273 g/mol. The molecule has 0 unspecified atom stereocenters.